The maximum absolute atomic E-state index is 5.95. The number of nitrogens with one attached hydrogen (secondary N) is 1. The van der Waals surface area contributed by atoms with E-state index in [1.165, 1.54) is 0 Å². The molecule has 1 N–H and O–H groups in total. The van der Waals surface area contributed by atoms with Crippen molar-refractivity contribution < 1.29 is 4.74 Å². The first-order chi connectivity index (χ1) is 8.83. The molecule has 0 bridgehead atoms. The highest BCUT2D eigenvalue weighted by molar-refractivity contribution is 5.79. The topological polar surface area (TPSA) is 34.1 Å². The predicted molar refractivity (Wildman–Crippen MR) is 75.0 cm³/mol. The zero-order chi connectivity index (χ0) is 12.8. The second-order valence-electron chi connectivity index (χ2n) is 4.32. The number of aromatic nitrogens is 1. The van der Waals surface area contributed by atoms with Gasteiger partial charge in [-0.15, -0.1) is 0 Å². The lowest BCUT2D eigenvalue weighted by atomic mass is 10.2. The van der Waals surface area contributed by atoms with Gasteiger partial charge in [-0.2, -0.15) is 0 Å². The normalized spacial score (nSPS) is 12.6. The number of likely N-dealkylation sites (N-methyl/N-ethyl adjacent to an activating group) is 1. The van der Waals surface area contributed by atoms with Gasteiger partial charge in [0, 0.05) is 11.9 Å². The third-order valence-corrected chi connectivity index (χ3v) is 2.95. The molecule has 0 fully saturated rings. The van der Waals surface area contributed by atoms with Gasteiger partial charge in [0.2, 0.25) is 0 Å². The summed E-state index contributed by atoms with van der Waals surface area (Å²) in [5, 5.41) is 4.43. The molecule has 18 heavy (non-hydrogen) atoms. The van der Waals surface area contributed by atoms with Crippen molar-refractivity contribution in [2.45, 2.75) is 26.4 Å². The second kappa shape index (κ2) is 6.36. The van der Waals surface area contributed by atoms with E-state index in [0.717, 1.165) is 36.2 Å². The number of benzene rings is 1. The van der Waals surface area contributed by atoms with Gasteiger partial charge in [0.15, 0.2) is 0 Å². The Morgan fingerprint density at radius 1 is 1.28 bits per heavy atom. The molecule has 3 heteroatoms. The van der Waals surface area contributed by atoms with Crippen LogP contribution < -0.4 is 10.1 Å². The molecule has 1 heterocycles. The van der Waals surface area contributed by atoms with Crippen LogP contribution in [0.4, 0.5) is 0 Å². The summed E-state index contributed by atoms with van der Waals surface area (Å²) in [5.74, 6) is 0.846. The summed E-state index contributed by atoms with van der Waals surface area (Å²) in [6.45, 7) is 6.08. The Morgan fingerprint density at radius 3 is 2.89 bits per heavy atom. The number of para-hydroxylation sites is 1. The molecule has 0 aliphatic heterocycles. The minimum absolute atomic E-state index is 0.202. The monoisotopic (exact) mass is 244 g/mol. The zero-order valence-corrected chi connectivity index (χ0v) is 11.0. The summed E-state index contributed by atoms with van der Waals surface area (Å²) < 4.78 is 5.95. The fraction of sp³-hybridized carbons (Fsp3) is 0.400. The molecule has 0 saturated heterocycles. The maximum Gasteiger partial charge on any atom is 0.138 e. The highest BCUT2D eigenvalue weighted by Gasteiger charge is 2.07. The van der Waals surface area contributed by atoms with E-state index in [1.54, 1.807) is 6.20 Å². The molecule has 2 aromatic rings. The lowest BCUT2D eigenvalue weighted by molar-refractivity contribution is 0.194. The van der Waals surface area contributed by atoms with Gasteiger partial charge in [0.25, 0.3) is 0 Å². The highest BCUT2D eigenvalue weighted by atomic mass is 16.5. The Morgan fingerprint density at radius 2 is 2.11 bits per heavy atom. The van der Waals surface area contributed by atoms with Gasteiger partial charge >= 0.3 is 0 Å². The molecule has 3 nitrogen and oxygen atoms in total. The molecule has 2 rings (SSSR count). The van der Waals surface area contributed by atoms with Gasteiger partial charge < -0.3 is 10.1 Å². The molecule has 0 saturated carbocycles. The van der Waals surface area contributed by atoms with Crippen LogP contribution in [0, 0.1) is 0 Å². The molecule has 0 aliphatic rings. The molecule has 0 radical (unpaired) electrons. The van der Waals surface area contributed by atoms with E-state index in [4.69, 9.17) is 4.74 Å². The highest BCUT2D eigenvalue weighted by Crippen LogP contribution is 2.19. The van der Waals surface area contributed by atoms with Crippen LogP contribution in [-0.2, 0) is 0 Å². The molecular formula is C15H20N2O. The van der Waals surface area contributed by atoms with Crippen molar-refractivity contribution in [1.82, 2.24) is 10.3 Å². The average molecular weight is 244 g/mol. The van der Waals surface area contributed by atoms with Gasteiger partial charge in [-0.3, -0.25) is 4.98 Å². The summed E-state index contributed by atoms with van der Waals surface area (Å²) in [6.07, 6.45) is 2.99. The van der Waals surface area contributed by atoms with Crippen LogP contribution in [-0.4, -0.2) is 24.2 Å². The van der Waals surface area contributed by atoms with Crippen molar-refractivity contribution in [1.29, 1.82) is 0 Å². The molecule has 1 aromatic carbocycles. The molecule has 0 spiro atoms. The molecule has 0 aliphatic carbocycles. The van der Waals surface area contributed by atoms with E-state index in [0.29, 0.717) is 0 Å². The maximum atomic E-state index is 5.95. The Hall–Kier alpha value is -1.61. The summed E-state index contributed by atoms with van der Waals surface area (Å²) in [5.41, 5.74) is 1.00. The van der Waals surface area contributed by atoms with Gasteiger partial charge in [-0.1, -0.05) is 32.0 Å². The SMILES string of the molecule is CCNCC(CC)Oc1cnc2ccccc2c1. The van der Waals surface area contributed by atoms with Crippen LogP contribution in [0.3, 0.4) is 0 Å². The van der Waals surface area contributed by atoms with Crippen molar-refractivity contribution in [3.05, 3.63) is 36.5 Å². The number of hydrogen-bond acceptors (Lipinski definition) is 3. The molecule has 1 aromatic heterocycles. The number of nitrogens with zero attached hydrogens (tertiary/aromatic N) is 1. The molecule has 1 atom stereocenters. The van der Waals surface area contributed by atoms with Crippen LogP contribution in [0.25, 0.3) is 10.9 Å². The van der Waals surface area contributed by atoms with Crippen molar-refractivity contribution in [2.75, 3.05) is 13.1 Å². The molecule has 96 valence electrons. The van der Waals surface area contributed by atoms with Gasteiger partial charge in [-0.05, 0) is 25.1 Å². The Balaban J connectivity index is 2.10. The average Bonchev–Trinajstić information content (AvgIpc) is 2.43. The Kier molecular flexibility index (Phi) is 4.53. The number of fused-ring (bicyclic) bond motifs is 1. The van der Waals surface area contributed by atoms with E-state index >= 15 is 0 Å². The third-order valence-electron chi connectivity index (χ3n) is 2.95. The van der Waals surface area contributed by atoms with E-state index in [9.17, 15) is 0 Å². The van der Waals surface area contributed by atoms with Crippen molar-refractivity contribution in [2.24, 2.45) is 0 Å². The molecular weight excluding hydrogens is 224 g/mol. The van der Waals surface area contributed by atoms with E-state index in [-0.39, 0.29) is 6.10 Å². The molecule has 0 amide bonds. The minimum atomic E-state index is 0.202. The summed E-state index contributed by atoms with van der Waals surface area (Å²) >= 11 is 0. The summed E-state index contributed by atoms with van der Waals surface area (Å²) in [7, 11) is 0. The number of rotatable bonds is 6. The summed E-state index contributed by atoms with van der Waals surface area (Å²) in [6, 6.07) is 10.1. The summed E-state index contributed by atoms with van der Waals surface area (Å²) in [4.78, 5) is 4.40. The number of pyridine rings is 1. The van der Waals surface area contributed by atoms with Crippen molar-refractivity contribution in [3.8, 4) is 5.75 Å². The van der Waals surface area contributed by atoms with Crippen molar-refractivity contribution in [3.63, 3.8) is 0 Å². The van der Waals surface area contributed by atoms with Crippen LogP contribution in [0.15, 0.2) is 36.5 Å². The zero-order valence-electron chi connectivity index (χ0n) is 11.0. The third kappa shape index (κ3) is 3.20. The van der Waals surface area contributed by atoms with Crippen LogP contribution >= 0.6 is 0 Å². The second-order valence-corrected chi connectivity index (χ2v) is 4.32. The van der Waals surface area contributed by atoms with Gasteiger partial charge in [0.1, 0.15) is 11.9 Å². The van der Waals surface area contributed by atoms with Crippen LogP contribution in [0.5, 0.6) is 5.75 Å². The van der Waals surface area contributed by atoms with E-state index in [1.807, 2.05) is 18.2 Å². The standard InChI is InChI=1S/C15H20N2O/c1-3-13(10-16-4-2)18-14-9-12-7-5-6-8-15(12)17-11-14/h5-9,11,13,16H,3-4,10H2,1-2H3. The lowest BCUT2D eigenvalue weighted by Gasteiger charge is -2.17. The van der Waals surface area contributed by atoms with Gasteiger partial charge in [0.05, 0.1) is 11.7 Å². The largest absolute Gasteiger partial charge is 0.487 e. The number of hydrogen-bond donors (Lipinski definition) is 1. The number of ether oxygens (including phenoxy) is 1. The fourth-order valence-electron chi connectivity index (χ4n) is 1.88. The fourth-order valence-corrected chi connectivity index (χ4v) is 1.88. The van der Waals surface area contributed by atoms with E-state index < -0.39 is 0 Å². The van der Waals surface area contributed by atoms with Crippen LogP contribution in [0.1, 0.15) is 20.3 Å². The first kappa shape index (κ1) is 12.8. The van der Waals surface area contributed by atoms with Crippen LogP contribution in [0.2, 0.25) is 0 Å². The smallest absolute Gasteiger partial charge is 0.138 e. The quantitative estimate of drug-likeness (QED) is 0.848. The Labute approximate surface area is 108 Å². The predicted octanol–water partition coefficient (Wildman–Crippen LogP) is 3.00. The van der Waals surface area contributed by atoms with E-state index in [2.05, 4.69) is 36.3 Å². The lowest BCUT2D eigenvalue weighted by Crippen LogP contribution is -2.30. The minimum Gasteiger partial charge on any atom is -0.487 e. The first-order valence-electron chi connectivity index (χ1n) is 6.55. The van der Waals surface area contributed by atoms with Gasteiger partial charge in [-0.25, -0.2) is 0 Å². The van der Waals surface area contributed by atoms with Crippen molar-refractivity contribution >= 4 is 10.9 Å². The molecule has 1 unspecified atom stereocenters. The Bertz CT molecular complexity index is 499. The first-order valence-corrected chi connectivity index (χ1v) is 6.55.